The van der Waals surface area contributed by atoms with Crippen LogP contribution in [0.3, 0.4) is 0 Å². The number of nitrogens with zero attached hydrogens (tertiary/aromatic N) is 2. The number of hydrogen-bond acceptors (Lipinski definition) is 5. The van der Waals surface area contributed by atoms with E-state index >= 15 is 0 Å². The third-order valence-corrected chi connectivity index (χ3v) is 3.89. The summed E-state index contributed by atoms with van der Waals surface area (Å²) in [5.41, 5.74) is 0.653. The molecule has 6 nitrogen and oxygen atoms in total. The van der Waals surface area contributed by atoms with Gasteiger partial charge in [-0.1, -0.05) is 6.92 Å². The molecule has 0 amide bonds. The first-order valence-electron chi connectivity index (χ1n) is 7.45. The average molecular weight is 293 g/mol. The fourth-order valence-corrected chi connectivity index (χ4v) is 2.75. The molecule has 0 atom stereocenters. The molecule has 0 unspecified atom stereocenters. The van der Waals surface area contributed by atoms with Gasteiger partial charge in [0, 0.05) is 31.3 Å². The summed E-state index contributed by atoms with van der Waals surface area (Å²) < 4.78 is 5.16. The van der Waals surface area contributed by atoms with Gasteiger partial charge >= 0.3 is 0 Å². The first-order chi connectivity index (χ1) is 10.1. The topological polar surface area (TPSA) is 67.6 Å². The van der Waals surface area contributed by atoms with Crippen molar-refractivity contribution in [2.45, 2.75) is 32.2 Å². The first-order valence-corrected chi connectivity index (χ1v) is 7.45. The highest BCUT2D eigenvalue weighted by molar-refractivity contribution is 5.64. The molecule has 0 aliphatic carbocycles. The summed E-state index contributed by atoms with van der Waals surface area (Å²) in [4.78, 5) is 13.2. The van der Waals surface area contributed by atoms with E-state index < -0.39 is 0 Å². The Labute approximate surface area is 125 Å². The minimum absolute atomic E-state index is 0.104. The maximum Gasteiger partial charge on any atom is 0.292 e. The van der Waals surface area contributed by atoms with Gasteiger partial charge in [0.15, 0.2) is 0 Å². The number of rotatable bonds is 6. The SMILES string of the molecule is CCCN1CCC(Nc2cc(OC)ccc2[N+](=O)[O-])CC1. The monoisotopic (exact) mass is 293 g/mol. The normalized spacial score (nSPS) is 16.7. The second-order valence-electron chi connectivity index (χ2n) is 5.40. The van der Waals surface area contributed by atoms with Crippen LogP contribution >= 0.6 is 0 Å². The number of hydrogen-bond donors (Lipinski definition) is 1. The van der Waals surface area contributed by atoms with Gasteiger partial charge in [-0.25, -0.2) is 0 Å². The number of piperidine rings is 1. The summed E-state index contributed by atoms with van der Waals surface area (Å²) in [6.07, 6.45) is 3.18. The van der Waals surface area contributed by atoms with E-state index in [0.29, 0.717) is 11.4 Å². The van der Waals surface area contributed by atoms with E-state index in [9.17, 15) is 10.1 Å². The molecular weight excluding hydrogens is 270 g/mol. The highest BCUT2D eigenvalue weighted by Gasteiger charge is 2.22. The van der Waals surface area contributed by atoms with Gasteiger partial charge < -0.3 is 15.0 Å². The summed E-state index contributed by atoms with van der Waals surface area (Å²) in [6.45, 7) is 5.41. The fraction of sp³-hybridized carbons (Fsp3) is 0.600. The van der Waals surface area contributed by atoms with Gasteiger partial charge in [0.25, 0.3) is 5.69 Å². The van der Waals surface area contributed by atoms with Gasteiger partial charge in [-0.05, 0) is 31.9 Å². The van der Waals surface area contributed by atoms with Crippen molar-refractivity contribution < 1.29 is 9.66 Å². The van der Waals surface area contributed by atoms with E-state index in [1.54, 1.807) is 19.2 Å². The van der Waals surface area contributed by atoms with Gasteiger partial charge in [-0.15, -0.1) is 0 Å². The Balaban J connectivity index is 2.03. The third-order valence-electron chi connectivity index (χ3n) is 3.89. The van der Waals surface area contributed by atoms with Crippen LogP contribution in [0.4, 0.5) is 11.4 Å². The quantitative estimate of drug-likeness (QED) is 0.645. The van der Waals surface area contributed by atoms with E-state index in [-0.39, 0.29) is 16.7 Å². The number of benzene rings is 1. The lowest BCUT2D eigenvalue weighted by Gasteiger charge is -2.32. The Hall–Kier alpha value is -1.82. The lowest BCUT2D eigenvalue weighted by Crippen LogP contribution is -2.39. The average Bonchev–Trinajstić information content (AvgIpc) is 2.49. The molecular formula is C15H23N3O3. The maximum atomic E-state index is 11.1. The van der Waals surface area contributed by atoms with Crippen molar-refractivity contribution in [3.63, 3.8) is 0 Å². The lowest BCUT2D eigenvalue weighted by molar-refractivity contribution is -0.384. The highest BCUT2D eigenvalue weighted by atomic mass is 16.6. The summed E-state index contributed by atoms with van der Waals surface area (Å²) in [7, 11) is 1.56. The number of methoxy groups -OCH3 is 1. The van der Waals surface area contributed by atoms with Crippen molar-refractivity contribution >= 4 is 11.4 Å². The van der Waals surface area contributed by atoms with Crippen LogP contribution in [0.1, 0.15) is 26.2 Å². The number of nitrogens with one attached hydrogen (secondary N) is 1. The van der Waals surface area contributed by atoms with Crippen molar-refractivity contribution in [3.8, 4) is 5.75 Å². The minimum atomic E-state index is -0.353. The predicted octanol–water partition coefficient (Wildman–Crippen LogP) is 2.89. The maximum absolute atomic E-state index is 11.1. The van der Waals surface area contributed by atoms with Crippen LogP contribution in [0, 0.1) is 10.1 Å². The molecule has 0 radical (unpaired) electrons. The molecule has 0 saturated carbocycles. The van der Waals surface area contributed by atoms with Crippen LogP contribution in [-0.4, -0.2) is 42.6 Å². The molecule has 2 rings (SSSR count). The van der Waals surface area contributed by atoms with Crippen molar-refractivity contribution in [2.75, 3.05) is 32.1 Å². The van der Waals surface area contributed by atoms with Gasteiger partial charge in [-0.3, -0.25) is 10.1 Å². The Morgan fingerprint density at radius 2 is 2.14 bits per heavy atom. The number of nitro benzene ring substituents is 1. The third kappa shape index (κ3) is 4.07. The van der Waals surface area contributed by atoms with Crippen LogP contribution in [-0.2, 0) is 0 Å². The van der Waals surface area contributed by atoms with Crippen molar-refractivity contribution in [1.29, 1.82) is 0 Å². The summed E-state index contributed by atoms with van der Waals surface area (Å²) in [5, 5.41) is 14.4. The van der Waals surface area contributed by atoms with Crippen LogP contribution in [0.15, 0.2) is 18.2 Å². The number of anilines is 1. The summed E-state index contributed by atoms with van der Waals surface area (Å²) >= 11 is 0. The molecule has 1 fully saturated rings. The zero-order valence-electron chi connectivity index (χ0n) is 12.7. The molecule has 21 heavy (non-hydrogen) atoms. The first kappa shape index (κ1) is 15.6. The largest absolute Gasteiger partial charge is 0.497 e. The van der Waals surface area contributed by atoms with Crippen LogP contribution in [0.25, 0.3) is 0 Å². The van der Waals surface area contributed by atoms with Crippen molar-refractivity contribution in [3.05, 3.63) is 28.3 Å². The zero-order chi connectivity index (χ0) is 15.2. The number of likely N-dealkylation sites (tertiary alicyclic amines) is 1. The molecule has 0 aromatic heterocycles. The molecule has 1 aromatic rings. The van der Waals surface area contributed by atoms with Gasteiger partial charge in [0.05, 0.1) is 12.0 Å². The van der Waals surface area contributed by atoms with E-state index in [1.165, 1.54) is 12.5 Å². The van der Waals surface area contributed by atoms with Crippen molar-refractivity contribution in [2.24, 2.45) is 0 Å². The van der Waals surface area contributed by atoms with Crippen LogP contribution in [0.5, 0.6) is 5.75 Å². The molecule has 116 valence electrons. The van der Waals surface area contributed by atoms with Gasteiger partial charge in [-0.2, -0.15) is 0 Å². The number of ether oxygens (including phenoxy) is 1. The summed E-state index contributed by atoms with van der Waals surface area (Å²) in [5.74, 6) is 0.631. The molecule has 1 N–H and O–H groups in total. The predicted molar refractivity (Wildman–Crippen MR) is 83.0 cm³/mol. The molecule has 1 aromatic carbocycles. The Bertz CT molecular complexity index is 485. The summed E-state index contributed by atoms with van der Waals surface area (Å²) in [6, 6.07) is 5.10. The number of nitro groups is 1. The van der Waals surface area contributed by atoms with Crippen LogP contribution < -0.4 is 10.1 Å². The van der Waals surface area contributed by atoms with Crippen molar-refractivity contribution in [1.82, 2.24) is 4.90 Å². The second-order valence-corrected chi connectivity index (χ2v) is 5.40. The van der Waals surface area contributed by atoms with E-state index in [2.05, 4.69) is 17.1 Å². The highest BCUT2D eigenvalue weighted by Crippen LogP contribution is 2.30. The minimum Gasteiger partial charge on any atom is -0.497 e. The lowest BCUT2D eigenvalue weighted by atomic mass is 10.0. The fourth-order valence-electron chi connectivity index (χ4n) is 2.75. The molecule has 1 aliphatic rings. The Morgan fingerprint density at radius 3 is 2.71 bits per heavy atom. The van der Waals surface area contributed by atoms with E-state index in [1.807, 2.05) is 0 Å². The molecule has 1 heterocycles. The molecule has 1 saturated heterocycles. The molecule has 0 spiro atoms. The second kappa shape index (κ2) is 7.26. The Morgan fingerprint density at radius 1 is 1.43 bits per heavy atom. The van der Waals surface area contributed by atoms with E-state index in [0.717, 1.165) is 32.5 Å². The molecule has 6 heteroatoms. The zero-order valence-corrected chi connectivity index (χ0v) is 12.7. The standard InChI is InChI=1S/C15H23N3O3/c1-3-8-17-9-6-12(7-10-17)16-14-11-13(21-2)4-5-15(14)18(19)20/h4-5,11-12,16H,3,6-10H2,1-2H3. The molecule has 1 aliphatic heterocycles. The van der Waals surface area contributed by atoms with Crippen LogP contribution in [0.2, 0.25) is 0 Å². The van der Waals surface area contributed by atoms with E-state index in [4.69, 9.17) is 4.74 Å². The molecule has 0 bridgehead atoms. The smallest absolute Gasteiger partial charge is 0.292 e. The van der Waals surface area contributed by atoms with Gasteiger partial charge in [0.2, 0.25) is 0 Å². The Kier molecular flexibility index (Phi) is 5.38. The van der Waals surface area contributed by atoms with Gasteiger partial charge in [0.1, 0.15) is 11.4 Å².